The van der Waals surface area contributed by atoms with Gasteiger partial charge in [-0.1, -0.05) is 12.1 Å². The normalized spacial score (nSPS) is 17.4. The van der Waals surface area contributed by atoms with Crippen molar-refractivity contribution < 1.29 is 4.79 Å². The molecule has 3 aromatic rings. The standard InChI is InChI=1S/C20H23N5O/c26-20(18-6-3-5-17(13-18)14-23-12-9-21-16-23)25-11-2-1-7-19(25)15-24-10-4-8-22-24/h3-6,8-10,12-13,16,19H,1-2,7,11,14-15H2. The topological polar surface area (TPSA) is 56.0 Å². The van der Waals surface area contributed by atoms with Crippen LogP contribution in [0, 0.1) is 0 Å². The lowest BCUT2D eigenvalue weighted by Gasteiger charge is -2.36. The van der Waals surface area contributed by atoms with Crippen molar-refractivity contribution in [1.82, 2.24) is 24.2 Å². The van der Waals surface area contributed by atoms with Crippen molar-refractivity contribution in [1.29, 1.82) is 0 Å². The quantitative estimate of drug-likeness (QED) is 0.712. The minimum atomic E-state index is 0.120. The van der Waals surface area contributed by atoms with Crippen LogP contribution in [0.2, 0.25) is 0 Å². The zero-order chi connectivity index (χ0) is 17.8. The van der Waals surface area contributed by atoms with Gasteiger partial charge in [0.15, 0.2) is 0 Å². The molecule has 0 bridgehead atoms. The molecule has 0 N–H and O–H groups in total. The molecule has 26 heavy (non-hydrogen) atoms. The molecule has 1 saturated heterocycles. The van der Waals surface area contributed by atoms with Crippen molar-refractivity contribution in [2.24, 2.45) is 0 Å². The number of carbonyl (C=O) groups is 1. The number of hydrogen-bond acceptors (Lipinski definition) is 3. The van der Waals surface area contributed by atoms with Crippen LogP contribution in [0.15, 0.2) is 61.4 Å². The summed E-state index contributed by atoms with van der Waals surface area (Å²) in [5.41, 5.74) is 1.87. The monoisotopic (exact) mass is 349 g/mol. The molecule has 1 unspecified atom stereocenters. The van der Waals surface area contributed by atoms with E-state index in [0.717, 1.165) is 50.0 Å². The summed E-state index contributed by atoms with van der Waals surface area (Å²) in [5.74, 6) is 0.120. The van der Waals surface area contributed by atoms with Crippen LogP contribution in [0.5, 0.6) is 0 Å². The largest absolute Gasteiger partial charge is 0.334 e. The molecular weight excluding hydrogens is 326 g/mol. The first-order valence-electron chi connectivity index (χ1n) is 9.13. The van der Waals surface area contributed by atoms with E-state index >= 15 is 0 Å². The van der Waals surface area contributed by atoms with Gasteiger partial charge in [-0.05, 0) is 43.0 Å². The van der Waals surface area contributed by atoms with Gasteiger partial charge in [-0.2, -0.15) is 5.10 Å². The van der Waals surface area contributed by atoms with E-state index in [9.17, 15) is 4.79 Å². The maximum Gasteiger partial charge on any atom is 0.254 e. The van der Waals surface area contributed by atoms with Crippen molar-refractivity contribution in [2.45, 2.75) is 38.4 Å². The van der Waals surface area contributed by atoms with Gasteiger partial charge in [0.1, 0.15) is 0 Å². The molecule has 6 nitrogen and oxygen atoms in total. The van der Waals surface area contributed by atoms with E-state index in [0.29, 0.717) is 0 Å². The van der Waals surface area contributed by atoms with Crippen LogP contribution < -0.4 is 0 Å². The number of benzene rings is 1. The number of imidazole rings is 1. The molecule has 1 fully saturated rings. The summed E-state index contributed by atoms with van der Waals surface area (Å²) in [4.78, 5) is 19.3. The summed E-state index contributed by atoms with van der Waals surface area (Å²) in [7, 11) is 0. The molecular formula is C20H23N5O. The Morgan fingerprint density at radius 1 is 1.15 bits per heavy atom. The van der Waals surface area contributed by atoms with Gasteiger partial charge in [0, 0.05) is 43.4 Å². The lowest BCUT2D eigenvalue weighted by atomic mass is 10.00. The first-order valence-corrected chi connectivity index (χ1v) is 9.13. The summed E-state index contributed by atoms with van der Waals surface area (Å²) in [6.45, 7) is 2.29. The van der Waals surface area contributed by atoms with Gasteiger partial charge in [-0.15, -0.1) is 0 Å². The predicted molar refractivity (Wildman–Crippen MR) is 98.7 cm³/mol. The second-order valence-corrected chi connectivity index (χ2v) is 6.81. The number of carbonyl (C=O) groups excluding carboxylic acids is 1. The zero-order valence-corrected chi connectivity index (χ0v) is 14.7. The summed E-state index contributed by atoms with van der Waals surface area (Å²) < 4.78 is 3.93. The molecule has 0 radical (unpaired) electrons. The third-order valence-electron chi connectivity index (χ3n) is 4.94. The van der Waals surface area contributed by atoms with Crippen molar-refractivity contribution in [3.63, 3.8) is 0 Å². The molecule has 0 aliphatic carbocycles. The summed E-state index contributed by atoms with van der Waals surface area (Å²) in [6, 6.07) is 10.1. The lowest BCUT2D eigenvalue weighted by molar-refractivity contribution is 0.0584. The maximum absolute atomic E-state index is 13.2. The van der Waals surface area contributed by atoms with Crippen LogP contribution in [-0.4, -0.2) is 42.7 Å². The highest BCUT2D eigenvalue weighted by Gasteiger charge is 2.28. The highest BCUT2D eigenvalue weighted by molar-refractivity contribution is 5.94. The van der Waals surface area contributed by atoms with E-state index in [2.05, 4.69) is 10.1 Å². The van der Waals surface area contributed by atoms with Gasteiger partial charge in [-0.3, -0.25) is 9.48 Å². The van der Waals surface area contributed by atoms with Crippen molar-refractivity contribution in [2.75, 3.05) is 6.54 Å². The molecule has 1 aromatic carbocycles. The van der Waals surface area contributed by atoms with Crippen LogP contribution in [0.4, 0.5) is 0 Å². The summed E-state index contributed by atoms with van der Waals surface area (Å²) >= 11 is 0. The van der Waals surface area contributed by atoms with E-state index in [-0.39, 0.29) is 11.9 Å². The van der Waals surface area contributed by atoms with Crippen molar-refractivity contribution >= 4 is 5.91 Å². The lowest BCUT2D eigenvalue weighted by Crippen LogP contribution is -2.46. The molecule has 0 spiro atoms. The molecule has 134 valence electrons. The van der Waals surface area contributed by atoms with Crippen LogP contribution in [-0.2, 0) is 13.1 Å². The number of hydrogen-bond donors (Lipinski definition) is 0. The molecule has 1 atom stereocenters. The molecule has 1 amide bonds. The van der Waals surface area contributed by atoms with Gasteiger partial charge < -0.3 is 9.47 Å². The fourth-order valence-electron chi connectivity index (χ4n) is 3.64. The van der Waals surface area contributed by atoms with Crippen LogP contribution in [0.25, 0.3) is 0 Å². The van der Waals surface area contributed by atoms with Gasteiger partial charge >= 0.3 is 0 Å². The summed E-state index contributed by atoms with van der Waals surface area (Å²) in [5, 5.41) is 4.30. The number of likely N-dealkylation sites (tertiary alicyclic amines) is 1. The molecule has 1 aliphatic heterocycles. The Bertz CT molecular complexity index is 841. The number of amides is 1. The van der Waals surface area contributed by atoms with E-state index in [1.807, 2.05) is 56.9 Å². The molecule has 4 rings (SSSR count). The Kier molecular flexibility index (Phi) is 4.82. The van der Waals surface area contributed by atoms with Crippen LogP contribution in [0.1, 0.15) is 35.2 Å². The highest BCUT2D eigenvalue weighted by atomic mass is 16.2. The first kappa shape index (κ1) is 16.6. The minimum absolute atomic E-state index is 0.120. The Morgan fingerprint density at radius 2 is 2.12 bits per heavy atom. The fourth-order valence-corrected chi connectivity index (χ4v) is 3.64. The summed E-state index contributed by atoms with van der Waals surface area (Å²) in [6.07, 6.45) is 12.5. The molecule has 1 aliphatic rings. The Balaban J connectivity index is 1.51. The van der Waals surface area contributed by atoms with Gasteiger partial charge in [-0.25, -0.2) is 4.98 Å². The fraction of sp³-hybridized carbons (Fsp3) is 0.350. The second kappa shape index (κ2) is 7.56. The zero-order valence-electron chi connectivity index (χ0n) is 14.7. The smallest absolute Gasteiger partial charge is 0.254 e. The van der Waals surface area contributed by atoms with E-state index in [1.54, 1.807) is 18.7 Å². The minimum Gasteiger partial charge on any atom is -0.334 e. The van der Waals surface area contributed by atoms with Crippen molar-refractivity contribution in [3.8, 4) is 0 Å². The van der Waals surface area contributed by atoms with E-state index in [4.69, 9.17) is 0 Å². The third-order valence-corrected chi connectivity index (χ3v) is 4.94. The number of aromatic nitrogens is 4. The Hall–Kier alpha value is -2.89. The molecule has 6 heteroatoms. The SMILES string of the molecule is O=C(c1cccc(Cn2ccnc2)c1)N1CCCCC1Cn1cccn1. The van der Waals surface area contributed by atoms with E-state index in [1.165, 1.54) is 0 Å². The Morgan fingerprint density at radius 3 is 2.92 bits per heavy atom. The number of nitrogens with zero attached hydrogens (tertiary/aromatic N) is 5. The predicted octanol–water partition coefficient (Wildman–Crippen LogP) is 2.82. The number of rotatable bonds is 5. The van der Waals surface area contributed by atoms with Crippen molar-refractivity contribution in [3.05, 3.63) is 72.6 Å². The molecule has 0 saturated carbocycles. The molecule has 2 aromatic heterocycles. The van der Waals surface area contributed by atoms with Crippen LogP contribution >= 0.6 is 0 Å². The maximum atomic E-state index is 13.2. The van der Waals surface area contributed by atoms with E-state index < -0.39 is 0 Å². The average molecular weight is 349 g/mol. The first-order chi connectivity index (χ1) is 12.8. The third kappa shape index (κ3) is 3.69. The second-order valence-electron chi connectivity index (χ2n) is 6.81. The van der Waals surface area contributed by atoms with Gasteiger partial charge in [0.25, 0.3) is 5.91 Å². The Labute approximate surface area is 153 Å². The van der Waals surface area contributed by atoms with Gasteiger partial charge in [0.2, 0.25) is 0 Å². The average Bonchev–Trinajstić information content (AvgIpc) is 3.36. The van der Waals surface area contributed by atoms with Crippen LogP contribution in [0.3, 0.4) is 0 Å². The highest BCUT2D eigenvalue weighted by Crippen LogP contribution is 2.21. The number of piperidine rings is 1. The van der Waals surface area contributed by atoms with Gasteiger partial charge in [0.05, 0.1) is 18.9 Å². The molecule has 3 heterocycles.